The summed E-state index contributed by atoms with van der Waals surface area (Å²) in [5.41, 5.74) is 2.74. The average molecular weight is 787 g/mol. The first-order chi connectivity index (χ1) is 16.2. The van der Waals surface area contributed by atoms with E-state index >= 15 is 0 Å². The number of imide groups is 1. The molecule has 0 saturated heterocycles. The van der Waals surface area contributed by atoms with Gasteiger partial charge in [-0.15, -0.1) is 11.3 Å². The number of fused-ring (bicyclic) bond motifs is 2. The van der Waals surface area contributed by atoms with Gasteiger partial charge in [0.15, 0.2) is 4.34 Å². The number of benzene rings is 3. The van der Waals surface area contributed by atoms with Gasteiger partial charge in [0.25, 0.3) is 11.8 Å². The van der Waals surface area contributed by atoms with E-state index in [1.54, 1.807) is 6.07 Å². The number of thioether (sulfide) groups is 1. The van der Waals surface area contributed by atoms with Gasteiger partial charge in [-0.2, -0.15) is 0 Å². The molecule has 4 nitrogen and oxygen atoms in total. The van der Waals surface area contributed by atoms with Crippen LogP contribution in [-0.2, 0) is 5.75 Å². The minimum atomic E-state index is -0.396. The third-order valence-electron chi connectivity index (χ3n) is 5.11. The summed E-state index contributed by atoms with van der Waals surface area (Å²) < 4.78 is 4.05. The predicted octanol–water partition coefficient (Wildman–Crippen LogP) is 9.75. The second-order valence-corrected chi connectivity index (χ2v) is 13.3. The van der Waals surface area contributed by atoms with Gasteiger partial charge in [0.2, 0.25) is 0 Å². The number of thiazole rings is 1. The molecule has 0 N–H and O–H groups in total. The average Bonchev–Trinajstić information content (AvgIpc) is 3.32. The van der Waals surface area contributed by atoms with Crippen molar-refractivity contribution < 1.29 is 9.59 Å². The van der Waals surface area contributed by atoms with Gasteiger partial charge in [-0.1, -0.05) is 41.0 Å². The van der Waals surface area contributed by atoms with Gasteiger partial charge < -0.3 is 0 Å². The van der Waals surface area contributed by atoms with Crippen molar-refractivity contribution in [3.05, 3.63) is 81.0 Å². The van der Waals surface area contributed by atoms with Gasteiger partial charge in [-0.25, -0.2) is 9.88 Å². The fourth-order valence-electron chi connectivity index (χ4n) is 3.48. The molecule has 4 aromatic rings. The first kappa shape index (κ1) is 25.2. The van der Waals surface area contributed by atoms with Crippen LogP contribution in [0.2, 0.25) is 10.0 Å². The Kier molecular flexibility index (Phi) is 7.25. The smallest absolute Gasteiger partial charge is 0.267 e. The number of halogens is 6. The maximum absolute atomic E-state index is 13.3. The Hall–Kier alpha value is -0.460. The third-order valence-corrected chi connectivity index (χ3v) is 12.8. The van der Waals surface area contributed by atoms with E-state index in [2.05, 4.69) is 68.7 Å². The minimum absolute atomic E-state index is 0.309. The molecule has 1 aliphatic rings. The molecule has 3 aromatic carbocycles. The third kappa shape index (κ3) is 4.22. The molecule has 34 heavy (non-hydrogen) atoms. The van der Waals surface area contributed by atoms with E-state index in [1.807, 2.05) is 30.3 Å². The van der Waals surface area contributed by atoms with Crippen LogP contribution in [0.5, 0.6) is 0 Å². The fraction of sp³-hybridized carbons (Fsp3) is 0.0455. The summed E-state index contributed by atoms with van der Waals surface area (Å²) >= 11 is 29.4. The molecule has 5 rings (SSSR count). The van der Waals surface area contributed by atoms with Crippen molar-refractivity contribution in [1.29, 1.82) is 0 Å². The number of anilines is 1. The predicted molar refractivity (Wildman–Crippen MR) is 154 cm³/mol. The zero-order valence-electron chi connectivity index (χ0n) is 16.5. The van der Waals surface area contributed by atoms with Crippen LogP contribution in [0.15, 0.2) is 58.6 Å². The molecular weight excluding hydrogens is 779 g/mol. The van der Waals surface area contributed by atoms with Crippen molar-refractivity contribution in [2.75, 3.05) is 4.90 Å². The normalized spacial score (nSPS) is 13.3. The molecule has 172 valence electrons. The first-order valence-electron chi connectivity index (χ1n) is 9.40. The van der Waals surface area contributed by atoms with Crippen LogP contribution in [0.25, 0.3) is 10.2 Å². The molecular formula is C22H8Br4Cl2N2O2S2. The fourth-order valence-corrected chi connectivity index (χ4v) is 8.78. The van der Waals surface area contributed by atoms with E-state index in [9.17, 15) is 9.59 Å². The lowest BCUT2D eigenvalue weighted by atomic mass is 10.1. The lowest BCUT2D eigenvalue weighted by Crippen LogP contribution is -2.29. The Labute approximate surface area is 245 Å². The van der Waals surface area contributed by atoms with Gasteiger partial charge >= 0.3 is 0 Å². The molecule has 12 heteroatoms. The van der Waals surface area contributed by atoms with E-state index in [-0.39, 0.29) is 0 Å². The number of aromatic nitrogens is 1. The maximum Gasteiger partial charge on any atom is 0.267 e. The van der Waals surface area contributed by atoms with E-state index in [4.69, 9.17) is 23.2 Å². The van der Waals surface area contributed by atoms with Crippen molar-refractivity contribution in [3.8, 4) is 0 Å². The zero-order chi connectivity index (χ0) is 24.3. The molecule has 0 aliphatic carbocycles. The standard InChI is InChI=1S/C22H8Br4Cl2N2O2S2/c23-16-14-15(17(24)19(26)18(16)25)21(32)30(20(14)31)8-4-5-12-13(6-8)34-22(29-12)33-7-9-10(27)2-1-3-11(9)28/h1-6H,7H2. The molecule has 0 atom stereocenters. The largest absolute Gasteiger partial charge is 0.268 e. The van der Waals surface area contributed by atoms with Crippen LogP contribution in [0.4, 0.5) is 5.69 Å². The second-order valence-electron chi connectivity index (χ2n) is 7.07. The summed E-state index contributed by atoms with van der Waals surface area (Å²) in [6.45, 7) is 0. The lowest BCUT2D eigenvalue weighted by Gasteiger charge is -2.13. The number of carbonyl (C=O) groups excluding carboxylic acids is 2. The quantitative estimate of drug-likeness (QED) is 0.0896. The number of amides is 2. The Morgan fingerprint density at radius 1 is 0.882 bits per heavy atom. The summed E-state index contributed by atoms with van der Waals surface area (Å²) in [6.07, 6.45) is 0. The lowest BCUT2D eigenvalue weighted by molar-refractivity contribution is 0.0926. The topological polar surface area (TPSA) is 50.3 Å². The molecule has 1 aromatic heterocycles. The summed E-state index contributed by atoms with van der Waals surface area (Å²) in [5, 5.41) is 1.23. The molecule has 0 unspecified atom stereocenters. The highest BCUT2D eigenvalue weighted by Crippen LogP contribution is 2.46. The Morgan fingerprint density at radius 3 is 2.06 bits per heavy atom. The van der Waals surface area contributed by atoms with E-state index in [1.165, 1.54) is 28.0 Å². The Bertz CT molecular complexity index is 1480. The van der Waals surface area contributed by atoms with Gasteiger partial charge in [0.1, 0.15) is 0 Å². The van der Waals surface area contributed by atoms with Crippen molar-refractivity contribution in [1.82, 2.24) is 4.98 Å². The maximum atomic E-state index is 13.3. The number of nitrogens with zero attached hydrogens (tertiary/aromatic N) is 2. The number of carbonyl (C=O) groups is 2. The SMILES string of the molecule is O=C1c2c(Br)c(Br)c(Br)c(Br)c2C(=O)N1c1ccc2nc(SCc3c(Cl)cccc3Cl)sc2c1. The molecule has 0 bridgehead atoms. The Morgan fingerprint density at radius 2 is 1.47 bits per heavy atom. The van der Waals surface area contributed by atoms with Crippen LogP contribution in [0, 0.1) is 0 Å². The second kappa shape index (κ2) is 9.78. The van der Waals surface area contributed by atoms with Gasteiger partial charge in [0.05, 0.1) is 27.0 Å². The van der Waals surface area contributed by atoms with Crippen LogP contribution in [0.3, 0.4) is 0 Å². The van der Waals surface area contributed by atoms with E-state index in [0.29, 0.717) is 50.5 Å². The van der Waals surface area contributed by atoms with Crippen molar-refractivity contribution in [3.63, 3.8) is 0 Å². The number of hydrogen-bond acceptors (Lipinski definition) is 5. The van der Waals surface area contributed by atoms with Gasteiger partial charge in [-0.05, 0) is 99.6 Å². The summed E-state index contributed by atoms with van der Waals surface area (Å²) in [4.78, 5) is 32.4. The highest BCUT2D eigenvalue weighted by molar-refractivity contribution is 9.15. The van der Waals surface area contributed by atoms with Crippen molar-refractivity contribution >= 4 is 138 Å². The molecule has 1 aliphatic heterocycles. The number of rotatable bonds is 4. The highest BCUT2D eigenvalue weighted by atomic mass is 79.9. The van der Waals surface area contributed by atoms with Crippen LogP contribution in [-0.4, -0.2) is 16.8 Å². The molecule has 0 radical (unpaired) electrons. The van der Waals surface area contributed by atoms with Crippen LogP contribution >= 0.6 is 110 Å². The summed E-state index contributed by atoms with van der Waals surface area (Å²) in [7, 11) is 0. The monoisotopic (exact) mass is 782 g/mol. The van der Waals surface area contributed by atoms with Gasteiger partial charge in [0, 0.05) is 33.7 Å². The van der Waals surface area contributed by atoms with Gasteiger partial charge in [-0.3, -0.25) is 9.59 Å². The summed E-state index contributed by atoms with van der Waals surface area (Å²) in [5.74, 6) is -0.213. The summed E-state index contributed by atoms with van der Waals surface area (Å²) in [6, 6.07) is 10.8. The number of hydrogen-bond donors (Lipinski definition) is 0. The van der Waals surface area contributed by atoms with E-state index < -0.39 is 11.8 Å². The molecule has 0 fully saturated rings. The molecule has 2 amide bonds. The van der Waals surface area contributed by atoms with Crippen LogP contribution < -0.4 is 4.90 Å². The minimum Gasteiger partial charge on any atom is -0.268 e. The van der Waals surface area contributed by atoms with Crippen LogP contribution in [0.1, 0.15) is 26.3 Å². The molecule has 0 saturated carbocycles. The van der Waals surface area contributed by atoms with Crippen molar-refractivity contribution in [2.24, 2.45) is 0 Å². The molecule has 2 heterocycles. The van der Waals surface area contributed by atoms with E-state index in [0.717, 1.165) is 20.1 Å². The first-order valence-corrected chi connectivity index (χ1v) is 15.1. The molecule has 0 spiro atoms. The zero-order valence-corrected chi connectivity index (χ0v) is 26.0. The Balaban J connectivity index is 1.47. The highest BCUT2D eigenvalue weighted by Gasteiger charge is 2.42. The van der Waals surface area contributed by atoms with Crippen molar-refractivity contribution in [2.45, 2.75) is 10.1 Å².